The predicted octanol–water partition coefficient (Wildman–Crippen LogP) is 3.29. The van der Waals surface area contributed by atoms with Crippen molar-refractivity contribution in [1.82, 2.24) is 18.6 Å². The second-order valence-corrected chi connectivity index (χ2v) is 10.1. The van der Waals surface area contributed by atoms with Crippen molar-refractivity contribution < 1.29 is 13.2 Å². The number of rotatable bonds is 5. The Balaban J connectivity index is 2.12. The van der Waals surface area contributed by atoms with E-state index in [0.29, 0.717) is 0 Å². The second-order valence-electron chi connectivity index (χ2n) is 8.16. The van der Waals surface area contributed by atoms with Gasteiger partial charge in [-0.1, -0.05) is 32.9 Å². The fourth-order valence-corrected chi connectivity index (χ4v) is 3.59. The molecule has 3 rings (SSSR count). The van der Waals surface area contributed by atoms with Crippen LogP contribution < -0.4 is 4.72 Å². The summed E-state index contributed by atoms with van der Waals surface area (Å²) in [7, 11) is -0.637. The molecule has 0 aliphatic carbocycles. The van der Waals surface area contributed by atoms with Crippen LogP contribution in [0.5, 0.6) is 0 Å². The molecule has 0 saturated carbocycles. The van der Waals surface area contributed by atoms with Crippen molar-refractivity contribution in [2.24, 2.45) is 5.41 Å². The molecule has 154 valence electrons. The van der Waals surface area contributed by atoms with E-state index in [9.17, 15) is 13.2 Å². The van der Waals surface area contributed by atoms with E-state index in [1.165, 1.54) is 14.1 Å². The third-order valence-corrected chi connectivity index (χ3v) is 6.16. The Bertz CT molecular complexity index is 1140. The van der Waals surface area contributed by atoms with Gasteiger partial charge in [-0.15, -0.1) is 0 Å². The Morgan fingerprint density at radius 2 is 1.76 bits per heavy atom. The zero-order chi connectivity index (χ0) is 21.4. The highest BCUT2D eigenvalue weighted by Crippen LogP contribution is 2.30. The van der Waals surface area contributed by atoms with Gasteiger partial charge in [0, 0.05) is 50.0 Å². The molecule has 0 fully saturated rings. The van der Waals surface area contributed by atoms with Crippen LogP contribution in [0.1, 0.15) is 31.1 Å². The van der Waals surface area contributed by atoms with Crippen molar-refractivity contribution in [2.45, 2.75) is 27.3 Å². The minimum atomic E-state index is -3.57. The zero-order valence-corrected chi connectivity index (χ0v) is 18.1. The Labute approximate surface area is 171 Å². The maximum absolute atomic E-state index is 13.1. The summed E-state index contributed by atoms with van der Waals surface area (Å²) in [6.45, 7) is 5.68. The van der Waals surface area contributed by atoms with E-state index >= 15 is 0 Å². The van der Waals surface area contributed by atoms with E-state index in [0.717, 1.165) is 31.9 Å². The molecule has 0 aliphatic heterocycles. The molecule has 0 spiro atoms. The first-order chi connectivity index (χ1) is 13.5. The van der Waals surface area contributed by atoms with Gasteiger partial charge in [-0.05, 0) is 34.9 Å². The average Bonchev–Trinajstić information content (AvgIpc) is 3.03. The maximum atomic E-state index is 13.1. The zero-order valence-electron chi connectivity index (χ0n) is 17.3. The smallest absolute Gasteiger partial charge is 0.279 e. The minimum absolute atomic E-state index is 0.0592. The van der Waals surface area contributed by atoms with Gasteiger partial charge < -0.3 is 0 Å². The summed E-state index contributed by atoms with van der Waals surface area (Å²) in [6, 6.07) is 9.67. The first-order valence-electron chi connectivity index (χ1n) is 9.27. The molecule has 1 aromatic carbocycles. The van der Waals surface area contributed by atoms with Gasteiger partial charge in [0.15, 0.2) is 0 Å². The lowest BCUT2D eigenvalue weighted by Crippen LogP contribution is -2.35. The fourth-order valence-electron chi connectivity index (χ4n) is 2.99. The van der Waals surface area contributed by atoms with Gasteiger partial charge in [0.05, 0.1) is 5.52 Å². The number of benzene rings is 1. The third-order valence-electron chi connectivity index (χ3n) is 4.69. The lowest BCUT2D eigenvalue weighted by Gasteiger charge is -2.18. The number of nitrogens with zero attached hydrogens (tertiary/aromatic N) is 3. The number of hydrogen-bond donors (Lipinski definition) is 1. The summed E-state index contributed by atoms with van der Waals surface area (Å²) in [4.78, 5) is 17.1. The molecule has 3 aromatic rings. The average molecular weight is 415 g/mol. The highest BCUT2D eigenvalue weighted by molar-refractivity contribution is 7.87. The Hall–Kier alpha value is -2.55. The van der Waals surface area contributed by atoms with Gasteiger partial charge >= 0.3 is 0 Å². The van der Waals surface area contributed by atoms with Gasteiger partial charge in [0.25, 0.3) is 10.2 Å². The molecule has 2 aromatic heterocycles. The third kappa shape index (κ3) is 4.39. The topological polar surface area (TPSA) is 84.3 Å². The van der Waals surface area contributed by atoms with Crippen molar-refractivity contribution in [2.75, 3.05) is 14.1 Å². The lowest BCUT2D eigenvalue weighted by molar-refractivity contribution is 0.0772. The van der Waals surface area contributed by atoms with Gasteiger partial charge in [-0.25, -0.2) is 0 Å². The number of pyridine rings is 1. The van der Waals surface area contributed by atoms with Crippen molar-refractivity contribution in [3.8, 4) is 11.1 Å². The van der Waals surface area contributed by atoms with E-state index in [1.54, 1.807) is 23.2 Å². The van der Waals surface area contributed by atoms with Crippen molar-refractivity contribution in [3.05, 3.63) is 54.5 Å². The molecule has 2 heterocycles. The molecule has 0 aliphatic rings. The largest absolute Gasteiger partial charge is 0.286 e. The summed E-state index contributed by atoms with van der Waals surface area (Å²) in [5.41, 5.74) is 2.86. The quantitative estimate of drug-likeness (QED) is 0.694. The first kappa shape index (κ1) is 21.2. The molecule has 7 nitrogen and oxygen atoms in total. The molecule has 0 saturated heterocycles. The first-order valence-corrected chi connectivity index (χ1v) is 10.7. The summed E-state index contributed by atoms with van der Waals surface area (Å²) >= 11 is 0. The number of carbonyl (C=O) groups is 1. The number of aromatic nitrogens is 2. The molecule has 29 heavy (non-hydrogen) atoms. The number of nitrogens with one attached hydrogen (secondary N) is 1. The summed E-state index contributed by atoms with van der Waals surface area (Å²) < 4.78 is 29.5. The van der Waals surface area contributed by atoms with Crippen LogP contribution in [-0.2, 0) is 16.8 Å². The Morgan fingerprint density at radius 1 is 1.10 bits per heavy atom. The van der Waals surface area contributed by atoms with E-state index in [2.05, 4.69) is 9.71 Å². The van der Waals surface area contributed by atoms with Crippen LogP contribution in [-0.4, -0.2) is 42.3 Å². The minimum Gasteiger partial charge on any atom is -0.286 e. The van der Waals surface area contributed by atoms with E-state index in [-0.39, 0.29) is 12.5 Å². The van der Waals surface area contributed by atoms with Gasteiger partial charge in [-0.3, -0.25) is 14.3 Å². The van der Waals surface area contributed by atoms with Crippen LogP contribution in [0.2, 0.25) is 0 Å². The van der Waals surface area contributed by atoms with E-state index in [4.69, 9.17) is 0 Å². The van der Waals surface area contributed by atoms with Crippen molar-refractivity contribution in [1.29, 1.82) is 0 Å². The van der Waals surface area contributed by atoms with Crippen LogP contribution in [0.15, 0.2) is 48.9 Å². The predicted molar refractivity (Wildman–Crippen MR) is 115 cm³/mol. The molecule has 0 radical (unpaired) electrons. The van der Waals surface area contributed by atoms with Crippen LogP contribution in [0, 0.1) is 5.41 Å². The molecular formula is C21H26N4O3S. The number of hydrogen-bond acceptors (Lipinski definition) is 4. The molecule has 8 heteroatoms. The van der Waals surface area contributed by atoms with Crippen LogP contribution in [0.3, 0.4) is 0 Å². The summed E-state index contributed by atoms with van der Waals surface area (Å²) in [5, 5.41) is 0.835. The monoisotopic (exact) mass is 414 g/mol. The Morgan fingerprint density at radius 3 is 2.34 bits per heavy atom. The van der Waals surface area contributed by atoms with Crippen LogP contribution in [0.4, 0.5) is 0 Å². The molecule has 0 atom stereocenters. The number of carbonyl (C=O) groups excluding carboxylic acids is 1. The molecule has 0 unspecified atom stereocenters. The van der Waals surface area contributed by atoms with Crippen molar-refractivity contribution in [3.63, 3.8) is 0 Å². The fraction of sp³-hybridized carbons (Fsp3) is 0.333. The standard InChI is InChI=1S/C21H26N4O3S/c1-21(2,3)20(26)25-14-17(13-23-29(27,28)24(4)5)18-7-6-16(12-19(18)25)15-8-10-22-11-9-15/h6-12,14,23H,13H2,1-5H3. The maximum Gasteiger partial charge on any atom is 0.279 e. The van der Waals surface area contributed by atoms with E-state index in [1.807, 2.05) is 51.1 Å². The SMILES string of the molecule is CN(C)S(=O)(=O)NCc1cn(C(=O)C(C)(C)C)c2cc(-c3ccncc3)ccc12. The van der Waals surface area contributed by atoms with Gasteiger partial charge in [-0.2, -0.15) is 17.4 Å². The highest BCUT2D eigenvalue weighted by Gasteiger charge is 2.26. The molecule has 1 N–H and O–H groups in total. The number of fused-ring (bicyclic) bond motifs is 1. The highest BCUT2D eigenvalue weighted by atomic mass is 32.2. The lowest BCUT2D eigenvalue weighted by atomic mass is 9.95. The van der Waals surface area contributed by atoms with Gasteiger partial charge in [0.2, 0.25) is 5.91 Å². The van der Waals surface area contributed by atoms with Crippen LogP contribution >= 0.6 is 0 Å². The van der Waals surface area contributed by atoms with Crippen molar-refractivity contribution >= 4 is 27.0 Å². The normalized spacial score (nSPS) is 12.6. The van der Waals surface area contributed by atoms with E-state index < -0.39 is 15.6 Å². The second kappa shape index (κ2) is 7.70. The molecular weight excluding hydrogens is 388 g/mol. The summed E-state index contributed by atoms with van der Waals surface area (Å²) in [6.07, 6.45) is 5.17. The summed E-state index contributed by atoms with van der Waals surface area (Å²) in [5.74, 6) is -0.0592. The molecule has 0 bridgehead atoms. The Kier molecular flexibility index (Phi) is 5.62. The van der Waals surface area contributed by atoms with Crippen LogP contribution in [0.25, 0.3) is 22.0 Å². The van der Waals surface area contributed by atoms with Gasteiger partial charge in [0.1, 0.15) is 0 Å². The molecule has 0 amide bonds.